The van der Waals surface area contributed by atoms with E-state index in [1.54, 1.807) is 6.07 Å². The lowest BCUT2D eigenvalue weighted by atomic mass is 9.85. The number of aryl methyl sites for hydroxylation is 1. The standard InChI is InChI=1S/C32H44N2O3/c35-30-13-7-12-26(22-30)27-20-28-15-16-29(21-27)34(28)19-18-33(23-25-10-5-2-6-11-25)32(37)31(36)17-14-24-8-3-1-4-9-24/h1,3-4,7-9,12-13,22,25,27-29,31,35-36H,2,5-6,10-11,14-21,23H2/t27-,28+,29-,31-/m1/s1. The van der Waals surface area contributed by atoms with E-state index in [-0.39, 0.29) is 5.91 Å². The summed E-state index contributed by atoms with van der Waals surface area (Å²) in [7, 11) is 0. The number of nitrogens with zero attached hydrogens (tertiary/aromatic N) is 2. The minimum Gasteiger partial charge on any atom is -0.508 e. The Morgan fingerprint density at radius 1 is 0.946 bits per heavy atom. The van der Waals surface area contributed by atoms with Gasteiger partial charge < -0.3 is 15.1 Å². The first-order valence-electron chi connectivity index (χ1n) is 14.6. The third-order valence-corrected chi connectivity index (χ3v) is 9.20. The van der Waals surface area contributed by atoms with Gasteiger partial charge in [-0.3, -0.25) is 9.69 Å². The van der Waals surface area contributed by atoms with Gasteiger partial charge in [-0.05, 0) is 86.5 Å². The lowest BCUT2D eigenvalue weighted by Gasteiger charge is -2.41. The number of amides is 1. The number of aromatic hydroxyl groups is 1. The molecule has 2 aromatic rings. The van der Waals surface area contributed by atoms with Crippen LogP contribution >= 0.6 is 0 Å². The first-order chi connectivity index (χ1) is 18.1. The molecule has 2 heterocycles. The van der Waals surface area contributed by atoms with Gasteiger partial charge in [0.2, 0.25) is 0 Å². The molecule has 3 aliphatic rings. The highest BCUT2D eigenvalue weighted by Crippen LogP contribution is 2.43. The first kappa shape index (κ1) is 26.2. The summed E-state index contributed by atoms with van der Waals surface area (Å²) < 4.78 is 0. The quantitative estimate of drug-likeness (QED) is 0.448. The molecule has 3 fully saturated rings. The summed E-state index contributed by atoms with van der Waals surface area (Å²) >= 11 is 0. The van der Waals surface area contributed by atoms with Gasteiger partial charge in [-0.15, -0.1) is 0 Å². The van der Waals surface area contributed by atoms with Crippen molar-refractivity contribution in [3.8, 4) is 5.75 Å². The Bertz CT molecular complexity index is 992. The van der Waals surface area contributed by atoms with Crippen molar-refractivity contribution in [3.63, 3.8) is 0 Å². The van der Waals surface area contributed by atoms with Crippen LogP contribution in [-0.4, -0.2) is 63.7 Å². The second-order valence-corrected chi connectivity index (χ2v) is 11.7. The second-order valence-electron chi connectivity index (χ2n) is 11.7. The highest BCUT2D eigenvalue weighted by atomic mass is 16.3. The van der Waals surface area contributed by atoms with E-state index in [4.69, 9.17) is 0 Å². The number of benzene rings is 2. The van der Waals surface area contributed by atoms with Crippen molar-refractivity contribution in [2.45, 2.75) is 94.7 Å². The van der Waals surface area contributed by atoms with Crippen molar-refractivity contribution in [2.24, 2.45) is 5.92 Å². The molecule has 0 aromatic heterocycles. The van der Waals surface area contributed by atoms with Crippen LogP contribution in [0.15, 0.2) is 54.6 Å². The number of phenols is 1. The molecule has 0 unspecified atom stereocenters. The van der Waals surface area contributed by atoms with Gasteiger partial charge in [0.05, 0.1) is 0 Å². The Morgan fingerprint density at radius 2 is 1.68 bits per heavy atom. The third kappa shape index (κ3) is 6.74. The molecule has 2 bridgehead atoms. The van der Waals surface area contributed by atoms with Gasteiger partial charge in [0.1, 0.15) is 11.9 Å². The van der Waals surface area contributed by atoms with Crippen LogP contribution in [0.25, 0.3) is 0 Å². The smallest absolute Gasteiger partial charge is 0.251 e. The van der Waals surface area contributed by atoms with Crippen LogP contribution in [-0.2, 0) is 11.2 Å². The topological polar surface area (TPSA) is 64.0 Å². The fourth-order valence-electron chi connectivity index (χ4n) is 7.18. The molecule has 0 spiro atoms. The van der Waals surface area contributed by atoms with Crippen LogP contribution in [0.2, 0.25) is 0 Å². The maximum absolute atomic E-state index is 13.5. The SMILES string of the molecule is O=C([C@H](O)CCc1ccccc1)N(CCN1[C@@H]2CC[C@H]1C[C@@H](c1cccc(O)c1)C2)CC1CCCCC1. The lowest BCUT2D eigenvalue weighted by molar-refractivity contribution is -0.141. The number of rotatable bonds is 10. The van der Waals surface area contributed by atoms with E-state index in [0.29, 0.717) is 42.6 Å². The van der Waals surface area contributed by atoms with E-state index in [1.807, 2.05) is 35.2 Å². The third-order valence-electron chi connectivity index (χ3n) is 9.20. The predicted octanol–water partition coefficient (Wildman–Crippen LogP) is 5.51. The summed E-state index contributed by atoms with van der Waals surface area (Å²) in [6, 6.07) is 19.0. The highest BCUT2D eigenvalue weighted by Gasteiger charge is 2.41. The monoisotopic (exact) mass is 504 g/mol. The summed E-state index contributed by atoms with van der Waals surface area (Å²) in [6.45, 7) is 2.39. The molecule has 1 amide bonds. The van der Waals surface area contributed by atoms with Crippen LogP contribution in [0.3, 0.4) is 0 Å². The maximum Gasteiger partial charge on any atom is 0.251 e. The molecule has 2 aliphatic heterocycles. The average Bonchev–Trinajstić information content (AvgIpc) is 3.16. The van der Waals surface area contributed by atoms with Crippen LogP contribution < -0.4 is 0 Å². The normalized spacial score (nSPS) is 25.2. The summed E-state index contributed by atoms with van der Waals surface area (Å²) in [5.41, 5.74) is 2.42. The summed E-state index contributed by atoms with van der Waals surface area (Å²) in [6.07, 6.45) is 11.2. The van der Waals surface area contributed by atoms with Crippen molar-refractivity contribution in [1.82, 2.24) is 9.80 Å². The molecule has 2 N–H and O–H groups in total. The van der Waals surface area contributed by atoms with E-state index in [9.17, 15) is 15.0 Å². The summed E-state index contributed by atoms with van der Waals surface area (Å²) in [4.78, 5) is 18.1. The number of piperidine rings is 1. The zero-order valence-corrected chi connectivity index (χ0v) is 22.2. The second kappa shape index (κ2) is 12.4. The molecule has 5 heteroatoms. The minimum absolute atomic E-state index is 0.0801. The molecule has 4 atom stereocenters. The molecule has 1 saturated carbocycles. The molecule has 37 heavy (non-hydrogen) atoms. The van der Waals surface area contributed by atoms with Crippen LogP contribution in [0.1, 0.15) is 81.3 Å². The average molecular weight is 505 g/mol. The molecule has 2 aromatic carbocycles. The minimum atomic E-state index is -0.933. The van der Waals surface area contributed by atoms with Crippen LogP contribution in [0.5, 0.6) is 5.75 Å². The van der Waals surface area contributed by atoms with Gasteiger partial charge in [0, 0.05) is 31.7 Å². The van der Waals surface area contributed by atoms with Gasteiger partial charge in [0.15, 0.2) is 0 Å². The molecular weight excluding hydrogens is 460 g/mol. The highest BCUT2D eigenvalue weighted by molar-refractivity contribution is 5.80. The van der Waals surface area contributed by atoms with E-state index >= 15 is 0 Å². The number of carbonyl (C=O) groups is 1. The van der Waals surface area contributed by atoms with Crippen molar-refractivity contribution in [2.75, 3.05) is 19.6 Å². The molecule has 5 rings (SSSR count). The number of fused-ring (bicyclic) bond motifs is 2. The van der Waals surface area contributed by atoms with Crippen molar-refractivity contribution in [1.29, 1.82) is 0 Å². The van der Waals surface area contributed by atoms with Crippen molar-refractivity contribution in [3.05, 3.63) is 65.7 Å². The number of aliphatic hydroxyl groups excluding tert-OH is 1. The van der Waals surface area contributed by atoms with Crippen molar-refractivity contribution < 1.29 is 15.0 Å². The number of hydrogen-bond donors (Lipinski definition) is 2. The Kier molecular flexibility index (Phi) is 8.83. The molecular formula is C32H44N2O3. The lowest BCUT2D eigenvalue weighted by Crippen LogP contribution is -2.49. The zero-order valence-electron chi connectivity index (χ0n) is 22.2. The Balaban J connectivity index is 1.20. The largest absolute Gasteiger partial charge is 0.508 e. The van der Waals surface area contributed by atoms with Crippen LogP contribution in [0, 0.1) is 5.92 Å². The fourth-order valence-corrected chi connectivity index (χ4v) is 7.18. The van der Waals surface area contributed by atoms with Gasteiger partial charge >= 0.3 is 0 Å². The fraction of sp³-hybridized carbons (Fsp3) is 0.594. The number of carbonyl (C=O) groups excluding carboxylic acids is 1. The Morgan fingerprint density at radius 3 is 2.38 bits per heavy atom. The van der Waals surface area contributed by atoms with Crippen LogP contribution in [0.4, 0.5) is 0 Å². The van der Waals surface area contributed by atoms with E-state index in [0.717, 1.165) is 32.4 Å². The number of hydrogen-bond acceptors (Lipinski definition) is 4. The van der Waals surface area contributed by atoms with Gasteiger partial charge in [-0.2, -0.15) is 0 Å². The number of aliphatic hydroxyl groups is 1. The van der Waals surface area contributed by atoms with E-state index in [1.165, 1.54) is 56.1 Å². The molecule has 5 nitrogen and oxygen atoms in total. The number of phenolic OH excluding ortho intramolecular Hbond substituents is 1. The zero-order chi connectivity index (χ0) is 25.6. The van der Waals surface area contributed by atoms with Gasteiger partial charge in [0.25, 0.3) is 5.91 Å². The van der Waals surface area contributed by atoms with E-state index in [2.05, 4.69) is 23.1 Å². The first-order valence-corrected chi connectivity index (χ1v) is 14.6. The van der Waals surface area contributed by atoms with E-state index < -0.39 is 6.10 Å². The summed E-state index contributed by atoms with van der Waals surface area (Å²) in [5.74, 6) is 1.34. The Hall–Kier alpha value is -2.37. The van der Waals surface area contributed by atoms with Gasteiger partial charge in [-0.1, -0.05) is 61.7 Å². The molecule has 2 saturated heterocycles. The molecule has 0 radical (unpaired) electrons. The Labute approximate surface area is 222 Å². The van der Waals surface area contributed by atoms with Crippen molar-refractivity contribution >= 4 is 5.91 Å². The summed E-state index contributed by atoms with van der Waals surface area (Å²) in [5, 5.41) is 20.8. The van der Waals surface area contributed by atoms with Gasteiger partial charge in [-0.25, -0.2) is 0 Å². The maximum atomic E-state index is 13.5. The predicted molar refractivity (Wildman–Crippen MR) is 148 cm³/mol. The molecule has 1 aliphatic carbocycles. The molecule has 200 valence electrons.